The van der Waals surface area contributed by atoms with Gasteiger partial charge in [0.05, 0.1) is 18.5 Å². The number of rotatable bonds is 6. The Kier molecular flexibility index (Phi) is 6.02. The van der Waals surface area contributed by atoms with Crippen LogP contribution in [0, 0.1) is 0 Å². The molecule has 0 spiro atoms. The summed E-state index contributed by atoms with van der Waals surface area (Å²) >= 11 is 5.93. The maximum Gasteiger partial charge on any atom is 0.255 e. The first-order chi connectivity index (χ1) is 13.3. The monoisotopic (exact) mass is 414 g/mol. The maximum absolute atomic E-state index is 12.4. The number of hydrogen-bond donors (Lipinski definition) is 1. The fraction of sp³-hybridized carbons (Fsp3) is 0.0952. The summed E-state index contributed by atoms with van der Waals surface area (Å²) in [5.41, 5.74) is 2.43. The molecule has 1 amide bonds. The minimum absolute atomic E-state index is 0.180. The van der Waals surface area contributed by atoms with Gasteiger partial charge in [0.25, 0.3) is 5.91 Å². The van der Waals surface area contributed by atoms with Crippen molar-refractivity contribution in [3.8, 4) is 0 Å². The van der Waals surface area contributed by atoms with Gasteiger partial charge in [0.1, 0.15) is 0 Å². The molecule has 3 aromatic carbocycles. The largest absolute Gasteiger partial charge is 0.322 e. The Morgan fingerprint density at radius 1 is 0.964 bits per heavy atom. The molecular weight excluding hydrogens is 396 g/mol. The van der Waals surface area contributed by atoms with E-state index in [0.29, 0.717) is 22.0 Å². The fourth-order valence-electron chi connectivity index (χ4n) is 2.69. The molecule has 0 aliphatic heterocycles. The number of carbonyl (C=O) groups excluding carboxylic acids is 1. The molecule has 0 saturated carbocycles. The number of sulfonamides is 1. The van der Waals surface area contributed by atoms with Gasteiger partial charge in [-0.15, -0.1) is 0 Å². The highest BCUT2D eigenvalue weighted by molar-refractivity contribution is 7.92. The molecule has 0 heterocycles. The minimum atomic E-state index is -3.45. The topological polar surface area (TPSA) is 66.5 Å². The van der Waals surface area contributed by atoms with E-state index in [4.69, 9.17) is 11.6 Å². The third kappa shape index (κ3) is 5.12. The number of halogens is 1. The molecule has 3 rings (SSSR count). The van der Waals surface area contributed by atoms with E-state index in [2.05, 4.69) is 5.32 Å². The molecule has 7 heteroatoms. The Hall–Kier alpha value is -2.83. The predicted molar refractivity (Wildman–Crippen MR) is 113 cm³/mol. The summed E-state index contributed by atoms with van der Waals surface area (Å²) in [5.74, 6) is -0.267. The van der Waals surface area contributed by atoms with Crippen molar-refractivity contribution in [2.45, 2.75) is 6.54 Å². The van der Waals surface area contributed by atoms with E-state index >= 15 is 0 Å². The molecule has 0 aliphatic carbocycles. The van der Waals surface area contributed by atoms with E-state index in [-0.39, 0.29) is 12.5 Å². The Balaban J connectivity index is 1.75. The molecule has 0 radical (unpaired) electrons. The molecule has 0 fully saturated rings. The fourth-order valence-corrected chi connectivity index (χ4v) is 3.77. The lowest BCUT2D eigenvalue weighted by atomic mass is 10.1. The number of nitrogens with one attached hydrogen (secondary N) is 1. The van der Waals surface area contributed by atoms with Gasteiger partial charge in [-0.2, -0.15) is 0 Å². The predicted octanol–water partition coefficient (Wildman–Crippen LogP) is 4.56. The van der Waals surface area contributed by atoms with Gasteiger partial charge in [-0.3, -0.25) is 9.10 Å². The van der Waals surface area contributed by atoms with Crippen molar-refractivity contribution in [1.29, 1.82) is 0 Å². The van der Waals surface area contributed by atoms with Crippen LogP contribution in [0.1, 0.15) is 15.9 Å². The first-order valence-electron chi connectivity index (χ1n) is 8.51. The molecule has 144 valence electrons. The molecule has 0 aliphatic rings. The zero-order valence-corrected chi connectivity index (χ0v) is 16.7. The number of para-hydroxylation sites is 1. The maximum atomic E-state index is 12.4. The summed E-state index contributed by atoms with van der Waals surface area (Å²) in [6.45, 7) is 0.180. The summed E-state index contributed by atoms with van der Waals surface area (Å²) in [7, 11) is -3.45. The van der Waals surface area contributed by atoms with Crippen LogP contribution in [0.25, 0.3) is 0 Å². The summed E-state index contributed by atoms with van der Waals surface area (Å²) in [4.78, 5) is 12.4. The molecule has 0 bridgehead atoms. The third-order valence-corrected chi connectivity index (χ3v) is 5.44. The molecule has 0 unspecified atom stereocenters. The minimum Gasteiger partial charge on any atom is -0.322 e. The molecule has 3 aromatic rings. The van der Waals surface area contributed by atoms with Gasteiger partial charge < -0.3 is 5.32 Å². The molecule has 0 saturated heterocycles. The van der Waals surface area contributed by atoms with E-state index in [1.54, 1.807) is 72.8 Å². The number of amides is 1. The second-order valence-electron chi connectivity index (χ2n) is 6.27. The van der Waals surface area contributed by atoms with Crippen molar-refractivity contribution in [2.24, 2.45) is 0 Å². The second-order valence-corrected chi connectivity index (χ2v) is 8.61. The van der Waals surface area contributed by atoms with E-state index in [0.717, 1.165) is 5.56 Å². The Bertz CT molecular complexity index is 1070. The molecule has 0 atom stereocenters. The van der Waals surface area contributed by atoms with E-state index in [1.165, 1.54) is 10.6 Å². The van der Waals surface area contributed by atoms with Crippen LogP contribution in [-0.4, -0.2) is 20.6 Å². The standard InChI is InChI=1S/C21H19ClN2O3S/c1-28(26,27)24(20-8-3-2-4-9-20)15-16-10-12-17(13-11-16)21(25)23-19-7-5-6-18(22)14-19/h2-14H,15H2,1H3,(H,23,25). The van der Waals surface area contributed by atoms with Crippen molar-refractivity contribution < 1.29 is 13.2 Å². The highest BCUT2D eigenvalue weighted by atomic mass is 35.5. The zero-order valence-electron chi connectivity index (χ0n) is 15.2. The summed E-state index contributed by atoms with van der Waals surface area (Å²) in [6.07, 6.45) is 1.17. The van der Waals surface area contributed by atoms with Crippen molar-refractivity contribution in [3.05, 3.63) is 95.0 Å². The average molecular weight is 415 g/mol. The zero-order chi connectivity index (χ0) is 20.1. The van der Waals surface area contributed by atoms with Crippen LogP contribution in [0.15, 0.2) is 78.9 Å². The van der Waals surface area contributed by atoms with Gasteiger partial charge in [-0.1, -0.05) is 48.0 Å². The quantitative estimate of drug-likeness (QED) is 0.643. The van der Waals surface area contributed by atoms with E-state index in [1.807, 2.05) is 6.07 Å². The first-order valence-corrected chi connectivity index (χ1v) is 10.7. The number of hydrogen-bond acceptors (Lipinski definition) is 3. The Morgan fingerprint density at radius 2 is 1.64 bits per heavy atom. The first kappa shape index (κ1) is 19.9. The van der Waals surface area contributed by atoms with Crippen LogP contribution in [0.3, 0.4) is 0 Å². The summed E-state index contributed by atoms with van der Waals surface area (Å²) < 4.78 is 25.7. The Labute approximate surface area is 169 Å². The van der Waals surface area contributed by atoms with E-state index in [9.17, 15) is 13.2 Å². The normalized spacial score (nSPS) is 11.1. The number of benzene rings is 3. The second kappa shape index (κ2) is 8.46. The van der Waals surface area contributed by atoms with Crippen LogP contribution < -0.4 is 9.62 Å². The number of nitrogens with zero attached hydrogens (tertiary/aromatic N) is 1. The van der Waals surface area contributed by atoms with Crippen LogP contribution in [0.5, 0.6) is 0 Å². The van der Waals surface area contributed by atoms with Gasteiger partial charge in [0, 0.05) is 16.3 Å². The lowest BCUT2D eigenvalue weighted by Gasteiger charge is -2.22. The van der Waals surface area contributed by atoms with Crippen molar-refractivity contribution >= 4 is 38.9 Å². The van der Waals surface area contributed by atoms with Crippen molar-refractivity contribution in [2.75, 3.05) is 15.9 Å². The van der Waals surface area contributed by atoms with Crippen LogP contribution in [0.2, 0.25) is 5.02 Å². The van der Waals surface area contributed by atoms with Gasteiger partial charge in [0.2, 0.25) is 10.0 Å². The Morgan fingerprint density at radius 3 is 2.25 bits per heavy atom. The smallest absolute Gasteiger partial charge is 0.255 e. The number of anilines is 2. The molecular formula is C21H19ClN2O3S. The van der Waals surface area contributed by atoms with Gasteiger partial charge in [0.15, 0.2) is 0 Å². The van der Waals surface area contributed by atoms with Crippen LogP contribution in [0.4, 0.5) is 11.4 Å². The van der Waals surface area contributed by atoms with Gasteiger partial charge in [-0.25, -0.2) is 8.42 Å². The summed E-state index contributed by atoms with van der Waals surface area (Å²) in [6, 6.07) is 22.6. The SMILES string of the molecule is CS(=O)(=O)N(Cc1ccc(C(=O)Nc2cccc(Cl)c2)cc1)c1ccccc1. The highest BCUT2D eigenvalue weighted by Crippen LogP contribution is 2.21. The van der Waals surface area contributed by atoms with Crippen LogP contribution in [-0.2, 0) is 16.6 Å². The van der Waals surface area contributed by atoms with Crippen LogP contribution >= 0.6 is 11.6 Å². The molecule has 1 N–H and O–H groups in total. The molecule has 28 heavy (non-hydrogen) atoms. The lowest BCUT2D eigenvalue weighted by molar-refractivity contribution is 0.102. The van der Waals surface area contributed by atoms with E-state index < -0.39 is 10.0 Å². The van der Waals surface area contributed by atoms with Gasteiger partial charge >= 0.3 is 0 Å². The lowest BCUT2D eigenvalue weighted by Crippen LogP contribution is -2.29. The van der Waals surface area contributed by atoms with Crippen molar-refractivity contribution in [1.82, 2.24) is 0 Å². The summed E-state index contributed by atoms with van der Waals surface area (Å²) in [5, 5.41) is 3.32. The molecule has 0 aromatic heterocycles. The van der Waals surface area contributed by atoms with Crippen molar-refractivity contribution in [3.63, 3.8) is 0 Å². The number of carbonyl (C=O) groups is 1. The third-order valence-electron chi connectivity index (χ3n) is 4.07. The highest BCUT2D eigenvalue weighted by Gasteiger charge is 2.17. The molecule has 5 nitrogen and oxygen atoms in total. The van der Waals surface area contributed by atoms with Gasteiger partial charge in [-0.05, 0) is 48.0 Å². The average Bonchev–Trinajstić information content (AvgIpc) is 2.66.